The summed E-state index contributed by atoms with van der Waals surface area (Å²) in [6, 6.07) is 9.97. The van der Waals surface area contributed by atoms with Gasteiger partial charge in [-0.1, -0.05) is 30.3 Å². The van der Waals surface area contributed by atoms with Crippen molar-refractivity contribution in [3.63, 3.8) is 0 Å². The normalized spacial score (nSPS) is 19.8. The molecule has 8 nitrogen and oxygen atoms in total. The average Bonchev–Trinajstić information content (AvgIpc) is 2.77. The smallest absolute Gasteiger partial charge is 0.255 e. The van der Waals surface area contributed by atoms with Crippen LogP contribution < -0.4 is 5.56 Å². The lowest BCUT2D eigenvalue weighted by atomic mass is 9.96. The number of piperidine rings is 1. The van der Waals surface area contributed by atoms with Crippen LogP contribution in [-0.4, -0.2) is 59.4 Å². The zero-order valence-corrected chi connectivity index (χ0v) is 18.5. The van der Waals surface area contributed by atoms with E-state index < -0.39 is 10.0 Å². The lowest BCUT2D eigenvalue weighted by molar-refractivity contribution is -0.132. The predicted molar refractivity (Wildman–Crippen MR) is 117 cm³/mol. The first kappa shape index (κ1) is 21.7. The maximum atomic E-state index is 12.7. The lowest BCUT2D eigenvalue weighted by Gasteiger charge is -2.33. The second-order valence-electron chi connectivity index (χ2n) is 8.39. The van der Waals surface area contributed by atoms with Crippen molar-refractivity contribution in [2.24, 2.45) is 0 Å². The van der Waals surface area contributed by atoms with Gasteiger partial charge in [0.05, 0.1) is 17.5 Å². The molecule has 1 aromatic heterocycles. The summed E-state index contributed by atoms with van der Waals surface area (Å²) < 4.78 is 24.9. The van der Waals surface area contributed by atoms with Crippen molar-refractivity contribution in [2.75, 3.05) is 25.9 Å². The van der Waals surface area contributed by atoms with Crippen LogP contribution in [-0.2, 0) is 34.2 Å². The van der Waals surface area contributed by atoms with Crippen LogP contribution in [0.4, 0.5) is 0 Å². The van der Waals surface area contributed by atoms with Gasteiger partial charge in [-0.05, 0) is 24.8 Å². The highest BCUT2D eigenvalue weighted by Crippen LogP contribution is 2.26. The fourth-order valence-electron chi connectivity index (χ4n) is 4.38. The SMILES string of the molecule is CS(=O)(=O)N1CCc2nc(C3CCCN(C(=O)CCc4ccccc4)C3)[nH]c(=O)c2C1. The van der Waals surface area contributed by atoms with Crippen molar-refractivity contribution < 1.29 is 13.2 Å². The van der Waals surface area contributed by atoms with Crippen molar-refractivity contribution >= 4 is 15.9 Å². The Morgan fingerprint density at radius 2 is 2.00 bits per heavy atom. The summed E-state index contributed by atoms with van der Waals surface area (Å²) in [4.78, 5) is 34.9. The first-order chi connectivity index (χ1) is 14.8. The first-order valence-corrected chi connectivity index (χ1v) is 12.5. The summed E-state index contributed by atoms with van der Waals surface area (Å²) in [5.41, 5.74) is 1.97. The number of nitrogens with one attached hydrogen (secondary N) is 1. The van der Waals surface area contributed by atoms with Crippen LogP contribution in [0.3, 0.4) is 0 Å². The Labute approximate surface area is 182 Å². The third-order valence-electron chi connectivity index (χ3n) is 6.15. The lowest BCUT2D eigenvalue weighted by Crippen LogP contribution is -2.42. The van der Waals surface area contributed by atoms with Crippen LogP contribution in [0.5, 0.6) is 0 Å². The molecular weight excluding hydrogens is 416 g/mol. The van der Waals surface area contributed by atoms with E-state index in [1.54, 1.807) is 0 Å². The number of nitrogens with zero attached hydrogens (tertiary/aromatic N) is 3. The molecule has 1 saturated heterocycles. The molecular formula is C22H28N4O4S. The summed E-state index contributed by atoms with van der Waals surface area (Å²) in [5, 5.41) is 0. The Morgan fingerprint density at radius 1 is 1.23 bits per heavy atom. The largest absolute Gasteiger partial charge is 0.342 e. The molecule has 3 heterocycles. The van der Waals surface area contributed by atoms with Crippen molar-refractivity contribution in [1.29, 1.82) is 0 Å². The van der Waals surface area contributed by atoms with Gasteiger partial charge in [0.25, 0.3) is 5.56 Å². The maximum absolute atomic E-state index is 12.7. The summed E-state index contributed by atoms with van der Waals surface area (Å²) in [7, 11) is -3.35. The number of fused-ring (bicyclic) bond motifs is 1. The molecule has 1 N–H and O–H groups in total. The van der Waals surface area contributed by atoms with Gasteiger partial charge in [0.15, 0.2) is 0 Å². The van der Waals surface area contributed by atoms with E-state index in [-0.39, 0.29) is 23.9 Å². The summed E-state index contributed by atoms with van der Waals surface area (Å²) in [6.45, 7) is 1.66. The van der Waals surface area contributed by atoms with Gasteiger partial charge in [-0.3, -0.25) is 9.59 Å². The molecule has 0 spiro atoms. The molecule has 166 valence electrons. The topological polar surface area (TPSA) is 103 Å². The number of carbonyl (C=O) groups excluding carboxylic acids is 1. The Hall–Kier alpha value is -2.52. The van der Waals surface area contributed by atoms with Gasteiger partial charge in [-0.25, -0.2) is 13.4 Å². The first-order valence-electron chi connectivity index (χ1n) is 10.7. The molecule has 31 heavy (non-hydrogen) atoms. The Bertz CT molecular complexity index is 1110. The second kappa shape index (κ2) is 8.92. The number of aromatic amines is 1. The third kappa shape index (κ3) is 5.04. The Morgan fingerprint density at radius 3 is 2.74 bits per heavy atom. The minimum absolute atomic E-state index is 0.0136. The molecule has 1 atom stereocenters. The predicted octanol–water partition coefficient (Wildman–Crippen LogP) is 1.43. The number of carbonyl (C=O) groups is 1. The van der Waals surface area contributed by atoms with Gasteiger partial charge < -0.3 is 9.88 Å². The van der Waals surface area contributed by atoms with Gasteiger partial charge in [0, 0.05) is 44.9 Å². The summed E-state index contributed by atoms with van der Waals surface area (Å²) in [6.07, 6.45) is 4.48. The Kier molecular flexibility index (Phi) is 6.24. The highest BCUT2D eigenvalue weighted by atomic mass is 32.2. The van der Waals surface area contributed by atoms with Crippen LogP contribution >= 0.6 is 0 Å². The molecule has 4 rings (SSSR count). The molecule has 2 aromatic rings. The molecule has 0 saturated carbocycles. The number of rotatable bonds is 5. The zero-order chi connectivity index (χ0) is 22.0. The standard InChI is InChI=1S/C22H28N4O4S/c1-31(29,30)26-13-11-19-18(15-26)22(28)24-21(23-19)17-8-5-12-25(14-17)20(27)10-9-16-6-3-2-4-7-16/h2-4,6-7,17H,5,8-15H2,1H3,(H,23,24,28). The van der Waals surface area contributed by atoms with Crippen LogP contribution in [0.1, 0.15) is 47.8 Å². The van der Waals surface area contributed by atoms with Crippen LogP contribution in [0.2, 0.25) is 0 Å². The number of aryl methyl sites for hydroxylation is 1. The second-order valence-corrected chi connectivity index (χ2v) is 10.4. The van der Waals surface area contributed by atoms with E-state index in [2.05, 4.69) is 9.97 Å². The quantitative estimate of drug-likeness (QED) is 0.751. The summed E-state index contributed by atoms with van der Waals surface area (Å²) >= 11 is 0. The number of hydrogen-bond donors (Lipinski definition) is 1. The molecule has 2 aliphatic heterocycles. The number of sulfonamides is 1. The van der Waals surface area contributed by atoms with Gasteiger partial charge in [0.2, 0.25) is 15.9 Å². The number of amides is 1. The Balaban J connectivity index is 1.44. The molecule has 1 fully saturated rings. The van der Waals surface area contributed by atoms with E-state index in [0.29, 0.717) is 49.4 Å². The van der Waals surface area contributed by atoms with E-state index >= 15 is 0 Å². The van der Waals surface area contributed by atoms with E-state index in [0.717, 1.165) is 31.2 Å². The van der Waals surface area contributed by atoms with E-state index in [9.17, 15) is 18.0 Å². The van der Waals surface area contributed by atoms with Crippen LogP contribution in [0, 0.1) is 0 Å². The van der Waals surface area contributed by atoms with Crippen molar-refractivity contribution in [3.05, 3.63) is 63.3 Å². The monoisotopic (exact) mass is 444 g/mol. The van der Waals surface area contributed by atoms with Gasteiger partial charge in [-0.15, -0.1) is 0 Å². The summed E-state index contributed by atoms with van der Waals surface area (Å²) in [5.74, 6) is 0.718. The minimum Gasteiger partial charge on any atom is -0.342 e. The molecule has 0 radical (unpaired) electrons. The zero-order valence-electron chi connectivity index (χ0n) is 17.7. The van der Waals surface area contributed by atoms with Crippen molar-refractivity contribution in [1.82, 2.24) is 19.2 Å². The number of H-pyrrole nitrogens is 1. The van der Waals surface area contributed by atoms with Gasteiger partial charge >= 0.3 is 0 Å². The molecule has 0 bridgehead atoms. The molecule has 1 amide bonds. The average molecular weight is 445 g/mol. The van der Waals surface area contributed by atoms with Crippen LogP contribution in [0.15, 0.2) is 35.1 Å². The highest BCUT2D eigenvalue weighted by molar-refractivity contribution is 7.88. The fraction of sp³-hybridized carbons (Fsp3) is 0.500. The number of hydrogen-bond acceptors (Lipinski definition) is 5. The van der Waals surface area contributed by atoms with E-state index in [1.165, 1.54) is 4.31 Å². The maximum Gasteiger partial charge on any atom is 0.255 e. The van der Waals surface area contributed by atoms with Crippen molar-refractivity contribution in [2.45, 2.75) is 44.6 Å². The molecule has 1 aromatic carbocycles. The number of likely N-dealkylation sites (tertiary alicyclic amines) is 1. The fourth-order valence-corrected chi connectivity index (χ4v) is 5.16. The van der Waals surface area contributed by atoms with Crippen LogP contribution in [0.25, 0.3) is 0 Å². The van der Waals surface area contributed by atoms with Gasteiger partial charge in [0.1, 0.15) is 5.82 Å². The molecule has 9 heteroatoms. The molecule has 1 unspecified atom stereocenters. The minimum atomic E-state index is -3.35. The molecule has 0 aliphatic carbocycles. The van der Waals surface area contributed by atoms with Gasteiger partial charge in [-0.2, -0.15) is 4.31 Å². The third-order valence-corrected chi connectivity index (χ3v) is 7.40. The van der Waals surface area contributed by atoms with E-state index in [1.807, 2.05) is 35.2 Å². The number of benzene rings is 1. The van der Waals surface area contributed by atoms with Crippen molar-refractivity contribution in [3.8, 4) is 0 Å². The van der Waals surface area contributed by atoms with E-state index in [4.69, 9.17) is 0 Å². The number of aromatic nitrogens is 2. The molecule has 2 aliphatic rings. The highest BCUT2D eigenvalue weighted by Gasteiger charge is 2.30.